The van der Waals surface area contributed by atoms with Gasteiger partial charge in [0.2, 0.25) is 0 Å². The SMILES string of the molecule is CCN(CC(c1ccc(C(=O)OC)cc1)N(C)C)CC(F)(F)F. The third-order valence-corrected chi connectivity index (χ3v) is 3.62. The third kappa shape index (κ3) is 6.19. The summed E-state index contributed by atoms with van der Waals surface area (Å²) >= 11 is 0. The molecular formula is C16H23F3N2O2. The number of nitrogens with zero attached hydrogens (tertiary/aromatic N) is 2. The van der Waals surface area contributed by atoms with Gasteiger partial charge in [0.25, 0.3) is 0 Å². The number of ether oxygens (including phenoxy) is 1. The first kappa shape index (κ1) is 19.4. The van der Waals surface area contributed by atoms with Gasteiger partial charge in [0.1, 0.15) is 0 Å². The molecule has 0 spiro atoms. The molecule has 0 aliphatic carbocycles. The van der Waals surface area contributed by atoms with Crippen LogP contribution in [-0.2, 0) is 4.74 Å². The zero-order valence-electron chi connectivity index (χ0n) is 13.9. The van der Waals surface area contributed by atoms with E-state index in [1.807, 2.05) is 19.0 Å². The van der Waals surface area contributed by atoms with E-state index in [1.165, 1.54) is 12.0 Å². The Bertz CT molecular complexity index is 501. The Hall–Kier alpha value is -1.60. The third-order valence-electron chi connectivity index (χ3n) is 3.62. The molecule has 1 unspecified atom stereocenters. The van der Waals surface area contributed by atoms with E-state index in [9.17, 15) is 18.0 Å². The van der Waals surface area contributed by atoms with E-state index in [2.05, 4.69) is 4.74 Å². The van der Waals surface area contributed by atoms with Gasteiger partial charge in [-0.2, -0.15) is 13.2 Å². The highest BCUT2D eigenvalue weighted by Crippen LogP contribution is 2.23. The Morgan fingerprint density at radius 1 is 1.22 bits per heavy atom. The van der Waals surface area contributed by atoms with E-state index < -0.39 is 18.7 Å². The molecule has 23 heavy (non-hydrogen) atoms. The van der Waals surface area contributed by atoms with Gasteiger partial charge in [0.15, 0.2) is 0 Å². The molecule has 0 saturated carbocycles. The number of esters is 1. The maximum Gasteiger partial charge on any atom is 0.401 e. The Morgan fingerprint density at radius 3 is 2.17 bits per heavy atom. The van der Waals surface area contributed by atoms with E-state index in [1.54, 1.807) is 31.2 Å². The molecule has 4 nitrogen and oxygen atoms in total. The lowest BCUT2D eigenvalue weighted by molar-refractivity contribution is -0.147. The molecular weight excluding hydrogens is 309 g/mol. The molecule has 1 aromatic carbocycles. The molecule has 7 heteroatoms. The molecule has 0 radical (unpaired) electrons. The summed E-state index contributed by atoms with van der Waals surface area (Å²) in [5.74, 6) is -0.440. The van der Waals surface area contributed by atoms with Crippen molar-refractivity contribution < 1.29 is 22.7 Å². The molecule has 1 rings (SSSR count). The van der Waals surface area contributed by atoms with Gasteiger partial charge in [-0.05, 0) is 38.3 Å². The predicted octanol–water partition coefficient (Wildman–Crippen LogP) is 2.96. The molecule has 0 amide bonds. The fourth-order valence-electron chi connectivity index (χ4n) is 2.33. The number of likely N-dealkylation sites (N-methyl/N-ethyl adjacent to an activating group) is 2. The van der Waals surface area contributed by atoms with Gasteiger partial charge in [-0.1, -0.05) is 19.1 Å². The van der Waals surface area contributed by atoms with E-state index in [-0.39, 0.29) is 12.6 Å². The van der Waals surface area contributed by atoms with Crippen molar-refractivity contribution in [3.63, 3.8) is 0 Å². The minimum atomic E-state index is -4.22. The number of hydrogen-bond donors (Lipinski definition) is 0. The molecule has 0 aliphatic rings. The lowest BCUT2D eigenvalue weighted by Gasteiger charge is -2.31. The Kier molecular flexibility index (Phi) is 7.02. The molecule has 1 atom stereocenters. The second-order valence-electron chi connectivity index (χ2n) is 5.54. The topological polar surface area (TPSA) is 32.8 Å². The van der Waals surface area contributed by atoms with E-state index in [0.717, 1.165) is 5.56 Å². The summed E-state index contributed by atoms with van der Waals surface area (Å²) in [4.78, 5) is 14.7. The van der Waals surface area contributed by atoms with Crippen LogP contribution in [0.4, 0.5) is 13.2 Å². The number of rotatable bonds is 7. The van der Waals surface area contributed by atoms with E-state index in [0.29, 0.717) is 12.1 Å². The van der Waals surface area contributed by atoms with Gasteiger partial charge in [0.05, 0.1) is 19.2 Å². The highest BCUT2D eigenvalue weighted by atomic mass is 19.4. The first-order chi connectivity index (χ1) is 10.7. The van der Waals surface area contributed by atoms with E-state index in [4.69, 9.17) is 0 Å². The number of benzene rings is 1. The van der Waals surface area contributed by atoms with Gasteiger partial charge in [-0.3, -0.25) is 4.90 Å². The van der Waals surface area contributed by atoms with Crippen LogP contribution in [0, 0.1) is 0 Å². The average molecular weight is 332 g/mol. The molecule has 130 valence electrons. The zero-order chi connectivity index (χ0) is 17.6. The zero-order valence-corrected chi connectivity index (χ0v) is 13.9. The normalized spacial score (nSPS) is 13.4. The maximum atomic E-state index is 12.6. The van der Waals surface area contributed by atoms with Crippen LogP contribution in [0.3, 0.4) is 0 Å². The van der Waals surface area contributed by atoms with Crippen molar-refractivity contribution in [2.75, 3.05) is 40.8 Å². The fraction of sp³-hybridized carbons (Fsp3) is 0.562. The Labute approximate surface area is 134 Å². The summed E-state index contributed by atoms with van der Waals surface area (Å²) in [6.45, 7) is 1.33. The number of carbonyl (C=O) groups excluding carboxylic acids is 1. The van der Waals surface area contributed by atoms with Crippen molar-refractivity contribution in [3.8, 4) is 0 Å². The van der Waals surface area contributed by atoms with Crippen molar-refractivity contribution >= 4 is 5.97 Å². The quantitative estimate of drug-likeness (QED) is 0.719. The highest BCUT2D eigenvalue weighted by molar-refractivity contribution is 5.89. The fourth-order valence-corrected chi connectivity index (χ4v) is 2.33. The maximum absolute atomic E-state index is 12.6. The molecule has 0 aromatic heterocycles. The number of alkyl halides is 3. The summed E-state index contributed by atoms with van der Waals surface area (Å²) < 4.78 is 42.5. The molecule has 0 fully saturated rings. The standard InChI is InChI=1S/C16H23F3N2O2/c1-5-21(11-16(17,18)19)10-14(20(2)3)12-6-8-13(9-7-12)15(22)23-4/h6-9,14H,5,10-11H2,1-4H3. The number of methoxy groups -OCH3 is 1. The van der Waals surface area contributed by atoms with Gasteiger partial charge in [-0.25, -0.2) is 4.79 Å². The first-order valence-electron chi connectivity index (χ1n) is 7.31. The Morgan fingerprint density at radius 2 is 1.78 bits per heavy atom. The van der Waals surface area contributed by atoms with Crippen LogP contribution in [0.5, 0.6) is 0 Å². The van der Waals surface area contributed by atoms with Crippen molar-refractivity contribution in [2.45, 2.75) is 19.1 Å². The van der Waals surface area contributed by atoms with Crippen molar-refractivity contribution in [2.24, 2.45) is 0 Å². The van der Waals surface area contributed by atoms with E-state index >= 15 is 0 Å². The smallest absolute Gasteiger partial charge is 0.401 e. The van der Waals surface area contributed by atoms with Crippen molar-refractivity contribution in [1.82, 2.24) is 9.80 Å². The highest BCUT2D eigenvalue weighted by Gasteiger charge is 2.31. The molecule has 0 saturated heterocycles. The minimum Gasteiger partial charge on any atom is -0.465 e. The van der Waals surface area contributed by atoms with Crippen molar-refractivity contribution in [1.29, 1.82) is 0 Å². The summed E-state index contributed by atoms with van der Waals surface area (Å²) in [7, 11) is 4.94. The first-order valence-corrected chi connectivity index (χ1v) is 7.31. The van der Waals surface area contributed by atoms with Gasteiger partial charge in [-0.15, -0.1) is 0 Å². The van der Waals surface area contributed by atoms with Gasteiger partial charge < -0.3 is 9.64 Å². The average Bonchev–Trinajstić information content (AvgIpc) is 2.49. The van der Waals surface area contributed by atoms with Gasteiger partial charge >= 0.3 is 12.1 Å². The predicted molar refractivity (Wildman–Crippen MR) is 82.4 cm³/mol. The molecule has 0 heterocycles. The number of carbonyl (C=O) groups is 1. The minimum absolute atomic E-state index is 0.205. The van der Waals surface area contributed by atoms with Crippen LogP contribution in [0.1, 0.15) is 28.9 Å². The monoisotopic (exact) mass is 332 g/mol. The van der Waals surface area contributed by atoms with Crippen LogP contribution in [0.15, 0.2) is 24.3 Å². The lowest BCUT2D eigenvalue weighted by atomic mass is 10.0. The molecule has 0 aliphatic heterocycles. The number of halogens is 3. The summed E-state index contributed by atoms with van der Waals surface area (Å²) in [5.41, 5.74) is 1.26. The van der Waals surface area contributed by atoms with Gasteiger partial charge in [0, 0.05) is 12.6 Å². The summed E-state index contributed by atoms with van der Waals surface area (Å²) in [5, 5.41) is 0. The lowest BCUT2D eigenvalue weighted by Crippen LogP contribution is -2.40. The largest absolute Gasteiger partial charge is 0.465 e. The molecule has 0 N–H and O–H groups in total. The second-order valence-corrected chi connectivity index (χ2v) is 5.54. The second kappa shape index (κ2) is 8.31. The summed E-state index contributed by atoms with van der Waals surface area (Å²) in [6.07, 6.45) is -4.22. The van der Waals surface area contributed by atoms with Crippen LogP contribution in [0.25, 0.3) is 0 Å². The Balaban J connectivity index is 2.91. The van der Waals surface area contributed by atoms with Crippen LogP contribution in [-0.4, -0.2) is 62.8 Å². The van der Waals surface area contributed by atoms with Crippen molar-refractivity contribution in [3.05, 3.63) is 35.4 Å². The van der Waals surface area contributed by atoms with Crippen LogP contribution < -0.4 is 0 Å². The molecule has 0 bridgehead atoms. The van der Waals surface area contributed by atoms with Crippen LogP contribution >= 0.6 is 0 Å². The molecule has 1 aromatic rings. The summed E-state index contributed by atoms with van der Waals surface area (Å²) in [6, 6.07) is 6.54. The van der Waals surface area contributed by atoms with Crippen LogP contribution in [0.2, 0.25) is 0 Å². The number of hydrogen-bond acceptors (Lipinski definition) is 4.